The van der Waals surface area contributed by atoms with E-state index in [1.165, 1.54) is 0 Å². The molecular formula is C21H23FN4O2. The molecule has 0 aliphatic carbocycles. The van der Waals surface area contributed by atoms with Gasteiger partial charge in [-0.3, -0.25) is 4.79 Å². The minimum absolute atomic E-state index is 0.195. The topological polar surface area (TPSA) is 72.1 Å². The number of aromatic nitrogens is 3. The lowest BCUT2D eigenvalue weighted by Gasteiger charge is -2.29. The molecule has 3 aromatic rings. The number of hydrogen-bond donors (Lipinski definition) is 0. The van der Waals surface area contributed by atoms with Gasteiger partial charge in [-0.05, 0) is 43.0 Å². The molecule has 0 atom stereocenters. The zero-order valence-corrected chi connectivity index (χ0v) is 16.5. The van der Waals surface area contributed by atoms with Crippen molar-refractivity contribution in [3.8, 4) is 11.5 Å². The molecule has 0 radical (unpaired) electrons. The van der Waals surface area contributed by atoms with Crippen LogP contribution in [0, 0.1) is 19.7 Å². The Bertz CT molecular complexity index is 1060. The molecule has 2 aromatic heterocycles. The normalized spacial score (nSPS) is 15.1. The molecule has 1 aliphatic heterocycles. The van der Waals surface area contributed by atoms with Crippen LogP contribution in [-0.4, -0.2) is 34.0 Å². The summed E-state index contributed by atoms with van der Waals surface area (Å²) in [6.45, 7) is 8.84. The number of pyridine rings is 1. The summed E-state index contributed by atoms with van der Waals surface area (Å²) >= 11 is 0. The number of ketones is 1. The summed E-state index contributed by atoms with van der Waals surface area (Å²) in [6, 6.07) is 3.54. The number of halogens is 1. The number of benzene rings is 1. The lowest BCUT2D eigenvalue weighted by molar-refractivity contribution is -0.119. The molecule has 3 heterocycles. The third kappa shape index (κ3) is 3.15. The summed E-state index contributed by atoms with van der Waals surface area (Å²) in [5.41, 5.74) is 2.80. The van der Waals surface area contributed by atoms with Crippen LogP contribution in [0.25, 0.3) is 22.4 Å². The Morgan fingerprint density at radius 2 is 1.86 bits per heavy atom. The molecule has 0 saturated carbocycles. The van der Waals surface area contributed by atoms with Gasteiger partial charge in [-0.25, -0.2) is 9.37 Å². The van der Waals surface area contributed by atoms with Gasteiger partial charge in [-0.15, -0.1) is 0 Å². The lowest BCUT2D eigenvalue weighted by atomic mass is 9.96. The SMILES string of the molecule is Cc1noc(-c2c(N3CCC(=O)CC3)nc3c(F)cc(C(C)C)cc3c2C)n1. The molecule has 1 fully saturated rings. The average molecular weight is 382 g/mol. The molecule has 0 bridgehead atoms. The summed E-state index contributed by atoms with van der Waals surface area (Å²) in [6.07, 6.45) is 0.908. The Hall–Kier alpha value is -2.83. The van der Waals surface area contributed by atoms with Crippen molar-refractivity contribution in [2.45, 2.75) is 46.5 Å². The number of Topliss-reactive ketones (excluding diaryl/α,β-unsaturated/α-hetero) is 1. The Morgan fingerprint density at radius 3 is 2.46 bits per heavy atom. The van der Waals surface area contributed by atoms with Crippen LogP contribution >= 0.6 is 0 Å². The van der Waals surface area contributed by atoms with Gasteiger partial charge in [0.15, 0.2) is 5.82 Å². The number of rotatable bonds is 3. The zero-order chi connectivity index (χ0) is 20.0. The van der Waals surface area contributed by atoms with E-state index in [1.807, 2.05) is 31.7 Å². The van der Waals surface area contributed by atoms with E-state index >= 15 is 0 Å². The van der Waals surface area contributed by atoms with Crippen LogP contribution in [0.2, 0.25) is 0 Å². The minimum Gasteiger partial charge on any atom is -0.355 e. The number of anilines is 1. The van der Waals surface area contributed by atoms with Gasteiger partial charge in [-0.1, -0.05) is 19.0 Å². The first-order chi connectivity index (χ1) is 13.3. The maximum Gasteiger partial charge on any atom is 0.261 e. The first-order valence-electron chi connectivity index (χ1n) is 9.56. The van der Waals surface area contributed by atoms with E-state index in [0.717, 1.165) is 16.5 Å². The van der Waals surface area contributed by atoms with Crippen LogP contribution in [0.4, 0.5) is 10.2 Å². The molecule has 0 N–H and O–H groups in total. The van der Waals surface area contributed by atoms with Crippen LogP contribution in [0.5, 0.6) is 0 Å². The monoisotopic (exact) mass is 382 g/mol. The average Bonchev–Trinajstić information content (AvgIpc) is 3.08. The highest BCUT2D eigenvalue weighted by atomic mass is 19.1. The third-order valence-electron chi connectivity index (χ3n) is 5.33. The lowest BCUT2D eigenvalue weighted by Crippen LogP contribution is -2.34. The highest BCUT2D eigenvalue weighted by Crippen LogP contribution is 2.38. The smallest absolute Gasteiger partial charge is 0.261 e. The second kappa shape index (κ2) is 6.96. The molecular weight excluding hydrogens is 359 g/mol. The van der Waals surface area contributed by atoms with Crippen LogP contribution < -0.4 is 4.90 Å². The van der Waals surface area contributed by atoms with Crippen LogP contribution in [-0.2, 0) is 4.79 Å². The van der Waals surface area contributed by atoms with Crippen LogP contribution in [0.1, 0.15) is 49.6 Å². The number of nitrogens with zero attached hydrogens (tertiary/aromatic N) is 4. The van der Waals surface area contributed by atoms with E-state index < -0.39 is 0 Å². The van der Waals surface area contributed by atoms with Crippen molar-refractivity contribution >= 4 is 22.5 Å². The van der Waals surface area contributed by atoms with Gasteiger partial charge in [0.25, 0.3) is 5.89 Å². The zero-order valence-electron chi connectivity index (χ0n) is 16.5. The van der Waals surface area contributed by atoms with E-state index in [9.17, 15) is 9.18 Å². The van der Waals surface area contributed by atoms with E-state index in [-0.39, 0.29) is 17.5 Å². The summed E-state index contributed by atoms with van der Waals surface area (Å²) in [4.78, 5) is 22.8. The fourth-order valence-electron chi connectivity index (χ4n) is 3.67. The summed E-state index contributed by atoms with van der Waals surface area (Å²) in [5, 5.41) is 4.66. The number of hydrogen-bond acceptors (Lipinski definition) is 6. The van der Waals surface area contributed by atoms with Crippen LogP contribution in [0.15, 0.2) is 16.7 Å². The molecule has 1 aliphatic rings. The summed E-state index contributed by atoms with van der Waals surface area (Å²) < 4.78 is 20.4. The fourth-order valence-corrected chi connectivity index (χ4v) is 3.67. The van der Waals surface area contributed by atoms with Gasteiger partial charge in [0, 0.05) is 31.3 Å². The van der Waals surface area contributed by atoms with Crippen molar-refractivity contribution in [2.24, 2.45) is 0 Å². The quantitative estimate of drug-likeness (QED) is 0.671. The Kier molecular flexibility index (Phi) is 4.61. The highest BCUT2D eigenvalue weighted by molar-refractivity contribution is 5.93. The predicted molar refractivity (Wildman–Crippen MR) is 105 cm³/mol. The molecule has 7 heteroatoms. The number of carbonyl (C=O) groups is 1. The maximum absolute atomic E-state index is 14.9. The van der Waals surface area contributed by atoms with Gasteiger partial charge in [0.2, 0.25) is 0 Å². The summed E-state index contributed by atoms with van der Waals surface area (Å²) in [5.74, 6) is 1.57. The van der Waals surface area contributed by atoms with Gasteiger partial charge in [0.05, 0.1) is 5.56 Å². The first-order valence-corrected chi connectivity index (χ1v) is 9.56. The molecule has 28 heavy (non-hydrogen) atoms. The van der Waals surface area contributed by atoms with Crippen LogP contribution in [0.3, 0.4) is 0 Å². The van der Waals surface area contributed by atoms with E-state index in [1.54, 1.807) is 13.0 Å². The fraction of sp³-hybridized carbons (Fsp3) is 0.429. The Morgan fingerprint density at radius 1 is 1.14 bits per heavy atom. The molecule has 1 aromatic carbocycles. The number of piperidine rings is 1. The molecule has 0 spiro atoms. The maximum atomic E-state index is 14.9. The molecule has 0 amide bonds. The van der Waals surface area contributed by atoms with Crippen molar-refractivity contribution in [1.29, 1.82) is 0 Å². The Balaban J connectivity index is 1.99. The van der Waals surface area contributed by atoms with E-state index in [4.69, 9.17) is 4.52 Å². The van der Waals surface area contributed by atoms with Gasteiger partial charge in [-0.2, -0.15) is 4.98 Å². The second-order valence-electron chi connectivity index (χ2n) is 7.66. The summed E-state index contributed by atoms with van der Waals surface area (Å²) in [7, 11) is 0. The van der Waals surface area contributed by atoms with Crippen molar-refractivity contribution in [1.82, 2.24) is 15.1 Å². The molecule has 6 nitrogen and oxygen atoms in total. The molecule has 1 saturated heterocycles. The predicted octanol–water partition coefficient (Wildman–Crippen LogP) is 4.33. The highest BCUT2D eigenvalue weighted by Gasteiger charge is 2.27. The number of aryl methyl sites for hydroxylation is 2. The van der Waals surface area contributed by atoms with Crippen molar-refractivity contribution < 1.29 is 13.7 Å². The van der Waals surface area contributed by atoms with E-state index in [2.05, 4.69) is 15.1 Å². The van der Waals surface area contributed by atoms with E-state index in [0.29, 0.717) is 54.5 Å². The first kappa shape index (κ1) is 18.5. The van der Waals surface area contributed by atoms with Gasteiger partial charge >= 0.3 is 0 Å². The van der Waals surface area contributed by atoms with Crippen molar-refractivity contribution in [3.63, 3.8) is 0 Å². The standard InChI is InChI=1S/C21H23FN4O2/c1-11(2)14-9-16-12(3)18(21-23-13(4)25-28-21)20(24-19(16)17(22)10-14)26-7-5-15(27)6-8-26/h9-11H,5-8H2,1-4H3. The number of fused-ring (bicyclic) bond motifs is 1. The van der Waals surface area contributed by atoms with Crippen molar-refractivity contribution in [2.75, 3.05) is 18.0 Å². The number of carbonyl (C=O) groups excluding carboxylic acids is 1. The Labute approximate surface area is 162 Å². The minimum atomic E-state index is -0.341. The largest absolute Gasteiger partial charge is 0.355 e. The third-order valence-corrected chi connectivity index (χ3v) is 5.33. The van der Waals surface area contributed by atoms with Gasteiger partial charge < -0.3 is 9.42 Å². The molecule has 4 rings (SSSR count). The van der Waals surface area contributed by atoms with Gasteiger partial charge in [0.1, 0.15) is 22.9 Å². The second-order valence-corrected chi connectivity index (χ2v) is 7.66. The molecule has 146 valence electrons. The molecule has 0 unspecified atom stereocenters. The van der Waals surface area contributed by atoms with Crippen molar-refractivity contribution in [3.05, 3.63) is 34.9 Å².